The van der Waals surface area contributed by atoms with Crippen LogP contribution >= 0.6 is 15.9 Å². The van der Waals surface area contributed by atoms with Gasteiger partial charge in [-0.1, -0.05) is 47.5 Å². The van der Waals surface area contributed by atoms with E-state index >= 15 is 0 Å². The van der Waals surface area contributed by atoms with Crippen molar-refractivity contribution >= 4 is 15.9 Å². The molecule has 0 N–H and O–H groups in total. The molecule has 1 aliphatic carbocycles. The molecular weight excluding hydrogens is 236 g/mol. The van der Waals surface area contributed by atoms with Crippen molar-refractivity contribution in [1.29, 1.82) is 0 Å². The minimum atomic E-state index is 0.480. The summed E-state index contributed by atoms with van der Waals surface area (Å²) in [6, 6.07) is 6.96. The molecule has 0 aliphatic heterocycles. The lowest BCUT2D eigenvalue weighted by Crippen LogP contribution is -1.95. The highest BCUT2D eigenvalue weighted by atomic mass is 79.9. The number of benzene rings is 1. The fourth-order valence-electron chi connectivity index (χ4n) is 2.27. The Bertz CT molecular complexity index is 328. The number of alkyl halides is 1. The topological polar surface area (TPSA) is 0 Å². The van der Waals surface area contributed by atoms with E-state index in [1.54, 1.807) is 11.1 Å². The van der Waals surface area contributed by atoms with Crippen LogP contribution in [0.4, 0.5) is 0 Å². The van der Waals surface area contributed by atoms with E-state index in [2.05, 4.69) is 48.0 Å². The van der Waals surface area contributed by atoms with E-state index in [1.165, 1.54) is 24.8 Å². The largest absolute Gasteiger partial charge is 0.0842 e. The van der Waals surface area contributed by atoms with Crippen molar-refractivity contribution in [3.63, 3.8) is 0 Å². The maximum Gasteiger partial charge on any atom is 0.0367 e. The summed E-state index contributed by atoms with van der Waals surface area (Å²) in [6.07, 6.45) is 3.90. The Morgan fingerprint density at radius 1 is 1.36 bits per heavy atom. The molecule has 0 spiro atoms. The van der Waals surface area contributed by atoms with Gasteiger partial charge in [-0.3, -0.25) is 0 Å². The average Bonchev–Trinajstić information content (AvgIpc) is 2.58. The fraction of sp³-hybridized carbons (Fsp3) is 0.538. The van der Waals surface area contributed by atoms with Gasteiger partial charge in [0.1, 0.15) is 0 Å². The zero-order valence-electron chi connectivity index (χ0n) is 8.89. The van der Waals surface area contributed by atoms with Gasteiger partial charge in [-0.25, -0.2) is 0 Å². The minimum absolute atomic E-state index is 0.480. The predicted octanol–water partition coefficient (Wildman–Crippen LogP) is 4.27. The Kier molecular flexibility index (Phi) is 2.96. The van der Waals surface area contributed by atoms with E-state index in [1.807, 2.05) is 0 Å². The van der Waals surface area contributed by atoms with Gasteiger partial charge < -0.3 is 0 Å². The molecule has 1 aliphatic rings. The number of halogens is 1. The van der Waals surface area contributed by atoms with Crippen molar-refractivity contribution in [2.75, 3.05) is 0 Å². The molecule has 2 atom stereocenters. The van der Waals surface area contributed by atoms with Gasteiger partial charge in [-0.2, -0.15) is 0 Å². The van der Waals surface area contributed by atoms with Crippen LogP contribution in [0.25, 0.3) is 0 Å². The average molecular weight is 253 g/mol. The highest BCUT2D eigenvalue weighted by Crippen LogP contribution is 2.32. The summed E-state index contributed by atoms with van der Waals surface area (Å²) >= 11 is 3.62. The van der Waals surface area contributed by atoms with E-state index < -0.39 is 0 Å². The van der Waals surface area contributed by atoms with Gasteiger partial charge in [-0.15, -0.1) is 0 Å². The quantitative estimate of drug-likeness (QED) is 0.690. The predicted molar refractivity (Wildman–Crippen MR) is 65.0 cm³/mol. The first kappa shape index (κ1) is 10.2. The van der Waals surface area contributed by atoms with Gasteiger partial charge in [-0.05, 0) is 42.4 Å². The molecule has 1 heteroatoms. The van der Waals surface area contributed by atoms with Gasteiger partial charge >= 0.3 is 0 Å². The van der Waals surface area contributed by atoms with E-state index in [4.69, 9.17) is 0 Å². The van der Waals surface area contributed by atoms with Crippen LogP contribution in [-0.4, -0.2) is 0 Å². The molecule has 0 saturated carbocycles. The van der Waals surface area contributed by atoms with Crippen molar-refractivity contribution < 1.29 is 0 Å². The first-order valence-electron chi connectivity index (χ1n) is 5.46. The van der Waals surface area contributed by atoms with Crippen LogP contribution in [0.2, 0.25) is 0 Å². The molecule has 2 rings (SSSR count). The van der Waals surface area contributed by atoms with Crippen LogP contribution in [0.3, 0.4) is 0 Å². The van der Waals surface area contributed by atoms with Crippen LogP contribution in [0.1, 0.15) is 41.8 Å². The van der Waals surface area contributed by atoms with E-state index in [0.717, 1.165) is 5.92 Å². The van der Waals surface area contributed by atoms with Crippen LogP contribution in [-0.2, 0) is 12.8 Å². The SMILES string of the molecule is CCC1Cc2ccc(C(C)Br)cc2C1. The lowest BCUT2D eigenvalue weighted by Gasteiger charge is -2.06. The Morgan fingerprint density at radius 3 is 2.71 bits per heavy atom. The van der Waals surface area contributed by atoms with Crippen molar-refractivity contribution in [3.05, 3.63) is 34.9 Å². The third-order valence-electron chi connectivity index (χ3n) is 3.28. The zero-order chi connectivity index (χ0) is 10.1. The zero-order valence-corrected chi connectivity index (χ0v) is 10.5. The molecular formula is C13H17Br. The Morgan fingerprint density at radius 2 is 2.07 bits per heavy atom. The summed E-state index contributed by atoms with van der Waals surface area (Å²) in [5.41, 5.74) is 4.58. The number of hydrogen-bond donors (Lipinski definition) is 0. The first-order chi connectivity index (χ1) is 6.70. The van der Waals surface area contributed by atoms with Crippen molar-refractivity contribution in [3.8, 4) is 0 Å². The van der Waals surface area contributed by atoms with Gasteiger partial charge in [0.15, 0.2) is 0 Å². The highest BCUT2D eigenvalue weighted by molar-refractivity contribution is 9.09. The summed E-state index contributed by atoms with van der Waals surface area (Å²) in [4.78, 5) is 0.480. The van der Waals surface area contributed by atoms with Gasteiger partial charge in [0, 0.05) is 4.83 Å². The van der Waals surface area contributed by atoms with Crippen molar-refractivity contribution in [2.24, 2.45) is 5.92 Å². The van der Waals surface area contributed by atoms with Gasteiger partial charge in [0.2, 0.25) is 0 Å². The second-order valence-corrected chi connectivity index (χ2v) is 5.70. The molecule has 0 amide bonds. The van der Waals surface area contributed by atoms with Gasteiger partial charge in [0.05, 0.1) is 0 Å². The smallest absolute Gasteiger partial charge is 0.0367 e. The highest BCUT2D eigenvalue weighted by Gasteiger charge is 2.20. The molecule has 2 unspecified atom stereocenters. The summed E-state index contributed by atoms with van der Waals surface area (Å²) in [5.74, 6) is 0.894. The maximum atomic E-state index is 3.62. The Hall–Kier alpha value is -0.300. The molecule has 0 nitrogen and oxygen atoms in total. The third-order valence-corrected chi connectivity index (χ3v) is 3.81. The van der Waals surface area contributed by atoms with E-state index in [9.17, 15) is 0 Å². The van der Waals surface area contributed by atoms with Crippen LogP contribution in [0.15, 0.2) is 18.2 Å². The molecule has 1 aromatic rings. The number of rotatable bonds is 2. The van der Waals surface area contributed by atoms with E-state index in [-0.39, 0.29) is 0 Å². The molecule has 0 saturated heterocycles. The molecule has 14 heavy (non-hydrogen) atoms. The lowest BCUT2D eigenvalue weighted by atomic mass is 10.0. The summed E-state index contributed by atoms with van der Waals surface area (Å²) in [6.45, 7) is 4.48. The summed E-state index contributed by atoms with van der Waals surface area (Å²) in [5, 5.41) is 0. The molecule has 0 radical (unpaired) electrons. The molecule has 0 heterocycles. The van der Waals surface area contributed by atoms with E-state index in [0.29, 0.717) is 4.83 Å². The summed E-state index contributed by atoms with van der Waals surface area (Å²) < 4.78 is 0. The Balaban J connectivity index is 2.26. The van der Waals surface area contributed by atoms with Crippen LogP contribution < -0.4 is 0 Å². The molecule has 0 aromatic heterocycles. The Labute approximate surface area is 94.8 Å². The molecule has 1 aromatic carbocycles. The minimum Gasteiger partial charge on any atom is -0.0842 e. The van der Waals surface area contributed by atoms with Crippen LogP contribution in [0, 0.1) is 5.92 Å². The normalized spacial score (nSPS) is 22.1. The molecule has 0 fully saturated rings. The molecule has 0 bridgehead atoms. The second kappa shape index (κ2) is 4.06. The lowest BCUT2D eigenvalue weighted by molar-refractivity contribution is 0.543. The fourth-order valence-corrected chi connectivity index (χ4v) is 2.55. The number of fused-ring (bicyclic) bond motifs is 1. The third kappa shape index (κ3) is 1.88. The van der Waals surface area contributed by atoms with Crippen LogP contribution in [0.5, 0.6) is 0 Å². The maximum absolute atomic E-state index is 3.62. The van der Waals surface area contributed by atoms with Gasteiger partial charge in [0.25, 0.3) is 0 Å². The standard InChI is InChI=1S/C13H17Br/c1-3-10-6-12-5-4-11(9(2)14)8-13(12)7-10/h4-5,8-10H,3,6-7H2,1-2H3. The summed E-state index contributed by atoms with van der Waals surface area (Å²) in [7, 11) is 0. The molecule has 76 valence electrons. The monoisotopic (exact) mass is 252 g/mol. The van der Waals surface area contributed by atoms with Crippen molar-refractivity contribution in [2.45, 2.75) is 37.9 Å². The van der Waals surface area contributed by atoms with Crippen molar-refractivity contribution in [1.82, 2.24) is 0 Å². The number of hydrogen-bond acceptors (Lipinski definition) is 0. The first-order valence-corrected chi connectivity index (χ1v) is 6.38. The second-order valence-electron chi connectivity index (χ2n) is 4.33.